The highest BCUT2D eigenvalue weighted by Gasteiger charge is 2.47. The lowest BCUT2D eigenvalue weighted by atomic mass is 9.99. The number of carbonyl (C=O) groups is 2. The molecule has 4 rings (SSSR count). The molecule has 2 aromatic heterocycles. The van der Waals surface area contributed by atoms with Crippen LogP contribution in [0.5, 0.6) is 5.75 Å². The Morgan fingerprint density at radius 2 is 2.00 bits per heavy atom. The second-order valence-electron chi connectivity index (χ2n) is 8.00. The van der Waals surface area contributed by atoms with Crippen LogP contribution in [0.2, 0.25) is 0 Å². The van der Waals surface area contributed by atoms with Crippen LogP contribution >= 0.6 is 0 Å². The van der Waals surface area contributed by atoms with Crippen molar-refractivity contribution < 1.29 is 23.8 Å². The quantitative estimate of drug-likeness (QED) is 0.339. The Morgan fingerprint density at radius 1 is 1.16 bits per heavy atom. The first-order valence-electron chi connectivity index (χ1n) is 10.4. The molecule has 1 amide bonds. The monoisotopic (exact) mass is 432 g/mol. The van der Waals surface area contributed by atoms with Gasteiger partial charge in [-0.3, -0.25) is 14.6 Å². The van der Waals surface area contributed by atoms with Crippen LogP contribution < -0.4 is 4.74 Å². The number of pyridine rings is 1. The molecule has 1 aromatic carbocycles. The zero-order chi connectivity index (χ0) is 22.7. The largest absolute Gasteiger partial charge is 0.507 e. The minimum Gasteiger partial charge on any atom is -0.507 e. The van der Waals surface area contributed by atoms with Gasteiger partial charge in [-0.15, -0.1) is 0 Å². The molecule has 3 aromatic rings. The van der Waals surface area contributed by atoms with E-state index in [1.807, 2.05) is 19.9 Å². The van der Waals surface area contributed by atoms with Crippen LogP contribution in [0.4, 0.5) is 0 Å². The first-order chi connectivity index (χ1) is 15.5. The van der Waals surface area contributed by atoms with Crippen molar-refractivity contribution in [2.45, 2.75) is 26.4 Å². The Kier molecular flexibility index (Phi) is 6.07. The Hall–Kier alpha value is -3.87. The number of aliphatic hydroxyl groups excluding tert-OH is 1. The number of carbonyl (C=O) groups excluding carboxylic acids is 2. The molecule has 1 aliphatic rings. The Bertz CT molecular complexity index is 1140. The third kappa shape index (κ3) is 4.27. The number of Topliss-reactive ketones (excluding diaryl/α,β-unsaturated/α-hetero) is 1. The number of hydrogen-bond donors (Lipinski definition) is 1. The summed E-state index contributed by atoms with van der Waals surface area (Å²) in [4.78, 5) is 31.6. The van der Waals surface area contributed by atoms with E-state index in [1.54, 1.807) is 54.7 Å². The molecule has 1 atom stereocenters. The summed E-state index contributed by atoms with van der Waals surface area (Å²) < 4.78 is 11.3. The molecule has 7 nitrogen and oxygen atoms in total. The average Bonchev–Trinajstić information content (AvgIpc) is 3.41. The lowest BCUT2D eigenvalue weighted by Crippen LogP contribution is -2.29. The molecule has 164 valence electrons. The summed E-state index contributed by atoms with van der Waals surface area (Å²) in [6.07, 6.45) is 3.09. The molecule has 0 radical (unpaired) electrons. The summed E-state index contributed by atoms with van der Waals surface area (Å²) in [7, 11) is 0. The summed E-state index contributed by atoms with van der Waals surface area (Å²) in [5.74, 6) is -0.473. The molecule has 1 saturated heterocycles. The van der Waals surface area contributed by atoms with E-state index in [2.05, 4.69) is 4.98 Å². The number of benzene rings is 1. The maximum atomic E-state index is 13.0. The number of rotatable bonds is 7. The lowest BCUT2D eigenvalue weighted by molar-refractivity contribution is -0.140. The molecule has 0 aliphatic carbocycles. The molecule has 1 unspecified atom stereocenters. The number of likely N-dealkylation sites (tertiary alicyclic amines) is 1. The van der Waals surface area contributed by atoms with E-state index in [-0.39, 0.29) is 17.9 Å². The third-order valence-electron chi connectivity index (χ3n) is 5.10. The van der Waals surface area contributed by atoms with Gasteiger partial charge in [-0.25, -0.2) is 0 Å². The molecule has 0 saturated carbocycles. The van der Waals surface area contributed by atoms with Crippen molar-refractivity contribution in [2.75, 3.05) is 6.61 Å². The maximum absolute atomic E-state index is 13.0. The Morgan fingerprint density at radius 3 is 2.69 bits per heavy atom. The Labute approximate surface area is 186 Å². The van der Waals surface area contributed by atoms with E-state index >= 15 is 0 Å². The second-order valence-corrected chi connectivity index (χ2v) is 8.00. The fourth-order valence-electron chi connectivity index (χ4n) is 3.60. The van der Waals surface area contributed by atoms with Gasteiger partial charge in [-0.2, -0.15) is 0 Å². The average molecular weight is 432 g/mol. The maximum Gasteiger partial charge on any atom is 0.296 e. The summed E-state index contributed by atoms with van der Waals surface area (Å²) >= 11 is 0. The van der Waals surface area contributed by atoms with Gasteiger partial charge in [0.2, 0.25) is 0 Å². The number of hydrogen-bond acceptors (Lipinski definition) is 6. The molecule has 0 spiro atoms. The van der Waals surface area contributed by atoms with Gasteiger partial charge in [-0.1, -0.05) is 32.0 Å². The van der Waals surface area contributed by atoms with Gasteiger partial charge in [-0.05, 0) is 42.3 Å². The Balaban J connectivity index is 1.76. The van der Waals surface area contributed by atoms with Gasteiger partial charge >= 0.3 is 0 Å². The van der Waals surface area contributed by atoms with Gasteiger partial charge in [0.15, 0.2) is 0 Å². The molecule has 32 heavy (non-hydrogen) atoms. The van der Waals surface area contributed by atoms with Crippen molar-refractivity contribution in [1.29, 1.82) is 0 Å². The van der Waals surface area contributed by atoms with Crippen LogP contribution in [-0.4, -0.2) is 33.3 Å². The molecule has 3 heterocycles. The minimum absolute atomic E-state index is 0.0260. The van der Waals surface area contributed by atoms with E-state index in [0.29, 0.717) is 35.3 Å². The van der Waals surface area contributed by atoms with E-state index in [9.17, 15) is 14.7 Å². The molecule has 7 heteroatoms. The third-order valence-corrected chi connectivity index (χ3v) is 5.10. The smallest absolute Gasteiger partial charge is 0.296 e. The van der Waals surface area contributed by atoms with E-state index in [0.717, 1.165) is 0 Å². The number of aromatic nitrogens is 1. The zero-order valence-electron chi connectivity index (χ0n) is 17.9. The van der Waals surface area contributed by atoms with Crippen LogP contribution in [0.1, 0.15) is 36.9 Å². The highest BCUT2D eigenvalue weighted by molar-refractivity contribution is 6.46. The molecule has 1 fully saturated rings. The van der Waals surface area contributed by atoms with Crippen molar-refractivity contribution in [3.8, 4) is 5.75 Å². The predicted molar refractivity (Wildman–Crippen MR) is 118 cm³/mol. The van der Waals surface area contributed by atoms with Crippen molar-refractivity contribution >= 4 is 17.4 Å². The fourth-order valence-corrected chi connectivity index (χ4v) is 3.60. The zero-order valence-corrected chi connectivity index (χ0v) is 17.9. The van der Waals surface area contributed by atoms with Crippen LogP contribution in [0.15, 0.2) is 77.0 Å². The summed E-state index contributed by atoms with van der Waals surface area (Å²) in [6, 6.07) is 14.7. The van der Waals surface area contributed by atoms with E-state index in [4.69, 9.17) is 9.15 Å². The number of ketones is 1. The first kappa shape index (κ1) is 21.4. The normalized spacial score (nSPS) is 17.8. The predicted octanol–water partition coefficient (Wildman–Crippen LogP) is 4.33. The fraction of sp³-hybridized carbons (Fsp3) is 0.240. The van der Waals surface area contributed by atoms with Crippen molar-refractivity contribution in [1.82, 2.24) is 9.88 Å². The summed E-state index contributed by atoms with van der Waals surface area (Å²) in [5.41, 5.74) is 0.982. The SMILES string of the molecule is CC(C)COc1cccc(/C(O)=C2/C(=O)C(=O)N(Cc3ccccn3)C2c2ccco2)c1. The molecule has 1 aliphatic heterocycles. The molecular formula is C25H24N2O5. The number of ether oxygens (including phenoxy) is 1. The number of amides is 1. The van der Waals surface area contributed by atoms with Gasteiger partial charge in [0.25, 0.3) is 11.7 Å². The number of aliphatic hydroxyl groups is 1. The van der Waals surface area contributed by atoms with Crippen LogP contribution in [0.25, 0.3) is 5.76 Å². The summed E-state index contributed by atoms with van der Waals surface area (Å²) in [5, 5.41) is 11.1. The second kappa shape index (κ2) is 9.09. The number of furan rings is 1. The van der Waals surface area contributed by atoms with Crippen molar-refractivity contribution in [3.63, 3.8) is 0 Å². The molecular weight excluding hydrogens is 408 g/mol. The van der Waals surface area contributed by atoms with Gasteiger partial charge in [0, 0.05) is 11.8 Å². The molecule has 0 bridgehead atoms. The lowest BCUT2D eigenvalue weighted by Gasteiger charge is -2.23. The molecule has 1 N–H and O–H groups in total. The van der Waals surface area contributed by atoms with Gasteiger partial charge in [0.1, 0.15) is 23.3 Å². The highest BCUT2D eigenvalue weighted by Crippen LogP contribution is 2.40. The van der Waals surface area contributed by atoms with Gasteiger partial charge < -0.3 is 19.2 Å². The van der Waals surface area contributed by atoms with Crippen LogP contribution in [0, 0.1) is 5.92 Å². The first-order valence-corrected chi connectivity index (χ1v) is 10.4. The number of nitrogens with zero attached hydrogens (tertiary/aromatic N) is 2. The van der Waals surface area contributed by atoms with E-state index in [1.165, 1.54) is 11.2 Å². The van der Waals surface area contributed by atoms with Crippen LogP contribution in [0.3, 0.4) is 0 Å². The van der Waals surface area contributed by atoms with Gasteiger partial charge in [0.05, 0.1) is 30.7 Å². The summed E-state index contributed by atoms with van der Waals surface area (Å²) in [6.45, 7) is 4.70. The van der Waals surface area contributed by atoms with E-state index < -0.39 is 17.7 Å². The van der Waals surface area contributed by atoms with Crippen LogP contribution in [-0.2, 0) is 16.1 Å². The highest BCUT2D eigenvalue weighted by atomic mass is 16.5. The van der Waals surface area contributed by atoms with Crippen molar-refractivity contribution in [3.05, 3.63) is 89.6 Å². The standard InChI is InChI=1S/C25H24N2O5/c1-16(2)15-32-19-9-5-7-17(13-19)23(28)21-22(20-10-6-12-31-20)27(25(30)24(21)29)14-18-8-3-4-11-26-18/h3-13,16,22,28H,14-15H2,1-2H3/b23-21-. The topological polar surface area (TPSA) is 92.9 Å². The minimum atomic E-state index is -0.868. The van der Waals surface area contributed by atoms with Crippen molar-refractivity contribution in [2.24, 2.45) is 5.92 Å².